The van der Waals surface area contributed by atoms with Crippen molar-refractivity contribution in [2.75, 3.05) is 21.3 Å². The predicted molar refractivity (Wildman–Crippen MR) is 71.0 cm³/mol. The minimum atomic E-state index is -0.355. The second kappa shape index (κ2) is 6.28. The van der Waals surface area contributed by atoms with E-state index >= 15 is 0 Å². The summed E-state index contributed by atoms with van der Waals surface area (Å²) < 4.78 is 10.00. The van der Waals surface area contributed by atoms with Crippen LogP contribution >= 0.6 is 0 Å². The highest BCUT2D eigenvalue weighted by atomic mass is 16.5. The summed E-state index contributed by atoms with van der Waals surface area (Å²) >= 11 is 0. The standard InChI is InChI=1S/C14H21NO3/c1-10(2)11-6-7-13(17-4)12(8-11)9-15(3)14(16)18-5/h6-8,10H,9H2,1-5H3. The van der Waals surface area contributed by atoms with E-state index in [9.17, 15) is 4.79 Å². The number of hydrogen-bond donors (Lipinski definition) is 0. The number of nitrogens with zero attached hydrogens (tertiary/aromatic N) is 1. The van der Waals surface area contributed by atoms with Crippen molar-refractivity contribution in [2.24, 2.45) is 0 Å². The highest BCUT2D eigenvalue weighted by Gasteiger charge is 2.13. The minimum Gasteiger partial charge on any atom is -0.496 e. The molecule has 1 aromatic carbocycles. The third-order valence-corrected chi connectivity index (χ3v) is 2.86. The van der Waals surface area contributed by atoms with Crippen molar-refractivity contribution in [1.82, 2.24) is 4.90 Å². The molecule has 4 nitrogen and oxygen atoms in total. The Morgan fingerprint density at radius 3 is 2.50 bits per heavy atom. The molecule has 0 aliphatic carbocycles. The van der Waals surface area contributed by atoms with Gasteiger partial charge in [-0.3, -0.25) is 0 Å². The van der Waals surface area contributed by atoms with E-state index in [4.69, 9.17) is 4.74 Å². The summed E-state index contributed by atoms with van der Waals surface area (Å²) in [5, 5.41) is 0. The Hall–Kier alpha value is -1.71. The molecule has 0 N–H and O–H groups in total. The van der Waals surface area contributed by atoms with Crippen LogP contribution in [0.1, 0.15) is 30.9 Å². The van der Waals surface area contributed by atoms with E-state index < -0.39 is 0 Å². The van der Waals surface area contributed by atoms with Crippen molar-refractivity contribution in [3.05, 3.63) is 29.3 Å². The molecule has 0 aromatic heterocycles. The Morgan fingerprint density at radius 2 is 2.00 bits per heavy atom. The SMILES string of the molecule is COC(=O)N(C)Cc1cc(C(C)C)ccc1OC. The molecule has 0 spiro atoms. The van der Waals surface area contributed by atoms with Crippen LogP contribution in [0.15, 0.2) is 18.2 Å². The maximum atomic E-state index is 11.4. The van der Waals surface area contributed by atoms with E-state index in [0.29, 0.717) is 12.5 Å². The first-order chi connectivity index (χ1) is 8.49. The average molecular weight is 251 g/mol. The minimum absolute atomic E-state index is 0.355. The quantitative estimate of drug-likeness (QED) is 0.825. The first-order valence-corrected chi connectivity index (χ1v) is 5.95. The second-order valence-electron chi connectivity index (χ2n) is 4.55. The molecule has 0 aliphatic heterocycles. The molecular weight excluding hydrogens is 230 g/mol. The van der Waals surface area contributed by atoms with Gasteiger partial charge in [0, 0.05) is 12.6 Å². The lowest BCUT2D eigenvalue weighted by Crippen LogP contribution is -2.26. The van der Waals surface area contributed by atoms with Crippen molar-refractivity contribution >= 4 is 6.09 Å². The monoisotopic (exact) mass is 251 g/mol. The highest BCUT2D eigenvalue weighted by Crippen LogP contribution is 2.25. The molecule has 0 radical (unpaired) electrons. The van der Waals surface area contributed by atoms with Crippen LogP contribution in [0, 0.1) is 0 Å². The summed E-state index contributed by atoms with van der Waals surface area (Å²) in [6.07, 6.45) is -0.355. The fraction of sp³-hybridized carbons (Fsp3) is 0.500. The van der Waals surface area contributed by atoms with E-state index in [1.807, 2.05) is 12.1 Å². The van der Waals surface area contributed by atoms with Gasteiger partial charge in [-0.15, -0.1) is 0 Å². The first kappa shape index (κ1) is 14.4. The zero-order valence-corrected chi connectivity index (χ0v) is 11.7. The number of ether oxygens (including phenoxy) is 2. The molecule has 0 heterocycles. The molecule has 1 aromatic rings. The summed E-state index contributed by atoms with van der Waals surface area (Å²) in [6.45, 7) is 4.74. The lowest BCUT2D eigenvalue weighted by Gasteiger charge is -2.18. The molecule has 0 bridgehead atoms. The molecule has 4 heteroatoms. The van der Waals surface area contributed by atoms with Crippen molar-refractivity contribution < 1.29 is 14.3 Å². The number of hydrogen-bond acceptors (Lipinski definition) is 3. The van der Waals surface area contributed by atoms with Gasteiger partial charge in [-0.2, -0.15) is 0 Å². The largest absolute Gasteiger partial charge is 0.496 e. The molecule has 100 valence electrons. The Balaban J connectivity index is 2.97. The van der Waals surface area contributed by atoms with E-state index in [-0.39, 0.29) is 6.09 Å². The van der Waals surface area contributed by atoms with Gasteiger partial charge in [-0.1, -0.05) is 26.0 Å². The summed E-state index contributed by atoms with van der Waals surface area (Å²) in [5.74, 6) is 1.23. The molecule has 0 fully saturated rings. The van der Waals surface area contributed by atoms with E-state index in [1.165, 1.54) is 17.6 Å². The third kappa shape index (κ3) is 3.39. The lowest BCUT2D eigenvalue weighted by atomic mass is 10.00. The van der Waals surface area contributed by atoms with Gasteiger partial charge >= 0.3 is 6.09 Å². The highest BCUT2D eigenvalue weighted by molar-refractivity contribution is 5.67. The van der Waals surface area contributed by atoms with Crippen LogP contribution in [0.25, 0.3) is 0 Å². The number of benzene rings is 1. The van der Waals surface area contributed by atoms with Crippen LogP contribution in [0.2, 0.25) is 0 Å². The van der Waals surface area contributed by atoms with Gasteiger partial charge in [0.2, 0.25) is 0 Å². The summed E-state index contributed by atoms with van der Waals surface area (Å²) in [7, 11) is 4.71. The molecule has 0 aliphatic rings. The zero-order valence-electron chi connectivity index (χ0n) is 11.7. The number of amides is 1. The van der Waals surface area contributed by atoms with Gasteiger partial charge in [-0.05, 0) is 17.5 Å². The smallest absolute Gasteiger partial charge is 0.409 e. The number of methoxy groups -OCH3 is 2. The maximum Gasteiger partial charge on any atom is 0.409 e. The molecule has 0 atom stereocenters. The van der Waals surface area contributed by atoms with Crippen LogP contribution in [-0.4, -0.2) is 32.3 Å². The Kier molecular flexibility index (Phi) is 5.01. The number of carbonyl (C=O) groups is 1. The normalized spacial score (nSPS) is 10.3. The van der Waals surface area contributed by atoms with Crippen LogP contribution in [0.3, 0.4) is 0 Å². The molecule has 0 saturated heterocycles. The second-order valence-corrected chi connectivity index (χ2v) is 4.55. The third-order valence-electron chi connectivity index (χ3n) is 2.86. The van der Waals surface area contributed by atoms with E-state index in [1.54, 1.807) is 14.2 Å². The fourth-order valence-corrected chi connectivity index (χ4v) is 1.76. The summed E-state index contributed by atoms with van der Waals surface area (Å²) in [4.78, 5) is 12.9. The number of rotatable bonds is 4. The summed E-state index contributed by atoms with van der Waals surface area (Å²) in [5.41, 5.74) is 2.21. The molecule has 18 heavy (non-hydrogen) atoms. The van der Waals surface area contributed by atoms with Gasteiger partial charge < -0.3 is 14.4 Å². The Labute approximate surface area is 108 Å². The molecule has 1 amide bonds. The van der Waals surface area contributed by atoms with Crippen LogP contribution in [0.5, 0.6) is 5.75 Å². The van der Waals surface area contributed by atoms with Gasteiger partial charge in [0.15, 0.2) is 0 Å². The van der Waals surface area contributed by atoms with E-state index in [2.05, 4.69) is 24.7 Å². The molecule has 0 unspecified atom stereocenters. The van der Waals surface area contributed by atoms with Gasteiger partial charge in [0.25, 0.3) is 0 Å². The lowest BCUT2D eigenvalue weighted by molar-refractivity contribution is 0.131. The predicted octanol–water partition coefficient (Wildman–Crippen LogP) is 3.02. The number of carbonyl (C=O) groups excluding carboxylic acids is 1. The fourth-order valence-electron chi connectivity index (χ4n) is 1.76. The maximum absolute atomic E-state index is 11.4. The molecular formula is C14H21NO3. The van der Waals surface area contributed by atoms with Gasteiger partial charge in [0.1, 0.15) is 5.75 Å². The molecule has 1 rings (SSSR count). The van der Waals surface area contributed by atoms with Crippen molar-refractivity contribution in [3.63, 3.8) is 0 Å². The Bertz CT molecular complexity index is 416. The van der Waals surface area contributed by atoms with Gasteiger partial charge in [0.05, 0.1) is 20.8 Å². The summed E-state index contributed by atoms with van der Waals surface area (Å²) in [6, 6.07) is 6.06. The first-order valence-electron chi connectivity index (χ1n) is 5.95. The van der Waals surface area contributed by atoms with Crippen LogP contribution in [-0.2, 0) is 11.3 Å². The van der Waals surface area contributed by atoms with E-state index in [0.717, 1.165) is 11.3 Å². The molecule has 0 saturated carbocycles. The van der Waals surface area contributed by atoms with Crippen LogP contribution in [0.4, 0.5) is 4.79 Å². The topological polar surface area (TPSA) is 38.8 Å². The zero-order chi connectivity index (χ0) is 13.7. The average Bonchev–Trinajstić information content (AvgIpc) is 2.37. The van der Waals surface area contributed by atoms with Crippen LogP contribution < -0.4 is 4.74 Å². The van der Waals surface area contributed by atoms with Crippen molar-refractivity contribution in [1.29, 1.82) is 0 Å². The van der Waals surface area contributed by atoms with Crippen molar-refractivity contribution in [2.45, 2.75) is 26.3 Å². The Morgan fingerprint density at radius 1 is 1.33 bits per heavy atom. The van der Waals surface area contributed by atoms with Crippen molar-refractivity contribution in [3.8, 4) is 5.75 Å². The van der Waals surface area contributed by atoms with Gasteiger partial charge in [-0.25, -0.2) is 4.79 Å².